The van der Waals surface area contributed by atoms with Gasteiger partial charge in [-0.05, 0) is 70.0 Å². The summed E-state index contributed by atoms with van der Waals surface area (Å²) in [7, 11) is 0. The molecule has 0 aromatic heterocycles. The van der Waals surface area contributed by atoms with Crippen LogP contribution in [-0.4, -0.2) is 41.4 Å². The summed E-state index contributed by atoms with van der Waals surface area (Å²) in [6, 6.07) is 7.54. The van der Waals surface area contributed by atoms with Crippen molar-refractivity contribution in [3.63, 3.8) is 0 Å². The second-order valence-electron chi connectivity index (χ2n) is 6.82. The number of nitrogens with zero attached hydrogens (tertiary/aromatic N) is 1. The molecule has 0 spiro atoms. The molecule has 1 aromatic rings. The summed E-state index contributed by atoms with van der Waals surface area (Å²) in [4.78, 5) is 14.4. The van der Waals surface area contributed by atoms with E-state index in [1.54, 1.807) is 0 Å². The number of alkyl halides is 1. The largest absolute Gasteiger partial charge is 0.492 e. The van der Waals surface area contributed by atoms with Gasteiger partial charge < -0.3 is 10.1 Å². The Morgan fingerprint density at radius 1 is 1.30 bits per heavy atom. The van der Waals surface area contributed by atoms with Gasteiger partial charge in [-0.3, -0.25) is 9.69 Å². The SMILES string of the molecule is CC1CCN(CCOc2ccc(NC(=O)C(C)(C)Br)cc2)CC1. The fourth-order valence-corrected chi connectivity index (χ4v) is 2.59. The lowest BCUT2D eigenvalue weighted by atomic mass is 9.99. The zero-order valence-corrected chi connectivity index (χ0v) is 15.9. The molecule has 0 unspecified atom stereocenters. The maximum Gasteiger partial charge on any atom is 0.240 e. The molecule has 1 N–H and O–H groups in total. The van der Waals surface area contributed by atoms with E-state index in [4.69, 9.17) is 4.74 Å². The van der Waals surface area contributed by atoms with E-state index >= 15 is 0 Å². The molecule has 1 saturated heterocycles. The summed E-state index contributed by atoms with van der Waals surface area (Å²) >= 11 is 3.35. The van der Waals surface area contributed by atoms with Gasteiger partial charge in [-0.1, -0.05) is 22.9 Å². The first kappa shape index (κ1) is 18.3. The minimum absolute atomic E-state index is 0.0644. The molecule has 1 heterocycles. The van der Waals surface area contributed by atoms with Gasteiger partial charge in [0.1, 0.15) is 12.4 Å². The van der Waals surface area contributed by atoms with Crippen LogP contribution in [0.15, 0.2) is 24.3 Å². The van der Waals surface area contributed by atoms with Crippen LogP contribution in [0.5, 0.6) is 5.75 Å². The van der Waals surface area contributed by atoms with Crippen molar-refractivity contribution in [1.29, 1.82) is 0 Å². The molecule has 4 nitrogen and oxygen atoms in total. The lowest BCUT2D eigenvalue weighted by Crippen LogP contribution is -2.35. The molecule has 2 rings (SSSR count). The van der Waals surface area contributed by atoms with Gasteiger partial charge in [0.15, 0.2) is 0 Å². The Morgan fingerprint density at radius 3 is 2.48 bits per heavy atom. The quantitative estimate of drug-likeness (QED) is 0.758. The van der Waals surface area contributed by atoms with E-state index in [0.29, 0.717) is 6.61 Å². The summed E-state index contributed by atoms with van der Waals surface area (Å²) in [5.41, 5.74) is 0.778. The normalized spacial score (nSPS) is 17.0. The third-order valence-corrected chi connectivity index (χ3v) is 4.56. The molecular formula is C18H27BrN2O2. The van der Waals surface area contributed by atoms with Crippen molar-refractivity contribution >= 4 is 27.5 Å². The monoisotopic (exact) mass is 382 g/mol. The van der Waals surface area contributed by atoms with Crippen molar-refractivity contribution in [2.45, 2.75) is 37.9 Å². The van der Waals surface area contributed by atoms with Gasteiger partial charge in [-0.25, -0.2) is 0 Å². The summed E-state index contributed by atoms with van der Waals surface area (Å²) in [5.74, 6) is 1.64. The molecule has 0 atom stereocenters. The van der Waals surface area contributed by atoms with Crippen molar-refractivity contribution in [3.05, 3.63) is 24.3 Å². The highest BCUT2D eigenvalue weighted by Crippen LogP contribution is 2.21. The first-order valence-corrected chi connectivity index (χ1v) is 9.09. The van der Waals surface area contributed by atoms with Crippen LogP contribution in [0.4, 0.5) is 5.69 Å². The van der Waals surface area contributed by atoms with Crippen LogP contribution in [-0.2, 0) is 4.79 Å². The van der Waals surface area contributed by atoms with Crippen LogP contribution >= 0.6 is 15.9 Å². The van der Waals surface area contributed by atoms with Gasteiger partial charge >= 0.3 is 0 Å². The molecule has 0 aliphatic carbocycles. The lowest BCUT2D eigenvalue weighted by Gasteiger charge is -2.29. The molecule has 5 heteroatoms. The van der Waals surface area contributed by atoms with E-state index in [9.17, 15) is 4.79 Å². The highest BCUT2D eigenvalue weighted by molar-refractivity contribution is 9.10. The van der Waals surface area contributed by atoms with Gasteiger partial charge in [0, 0.05) is 12.2 Å². The number of halogens is 1. The molecular weight excluding hydrogens is 356 g/mol. The number of nitrogens with one attached hydrogen (secondary N) is 1. The minimum Gasteiger partial charge on any atom is -0.492 e. The Bertz CT molecular complexity index is 503. The van der Waals surface area contributed by atoms with Crippen molar-refractivity contribution in [2.75, 3.05) is 31.6 Å². The van der Waals surface area contributed by atoms with Gasteiger partial charge in [0.2, 0.25) is 5.91 Å². The Balaban J connectivity index is 1.73. The number of benzene rings is 1. The second-order valence-corrected chi connectivity index (χ2v) is 8.81. The molecule has 1 aromatic carbocycles. The lowest BCUT2D eigenvalue weighted by molar-refractivity contribution is -0.117. The number of amides is 1. The fraction of sp³-hybridized carbons (Fsp3) is 0.611. The maximum absolute atomic E-state index is 11.9. The number of hydrogen-bond donors (Lipinski definition) is 1. The molecule has 1 aliphatic heterocycles. The average Bonchev–Trinajstić information content (AvgIpc) is 2.50. The van der Waals surface area contributed by atoms with E-state index in [-0.39, 0.29) is 5.91 Å². The van der Waals surface area contributed by atoms with Crippen LogP contribution in [0.2, 0.25) is 0 Å². The van der Waals surface area contributed by atoms with E-state index < -0.39 is 4.32 Å². The van der Waals surface area contributed by atoms with E-state index in [0.717, 1.165) is 23.9 Å². The summed E-state index contributed by atoms with van der Waals surface area (Å²) in [5, 5.41) is 2.87. The predicted molar refractivity (Wildman–Crippen MR) is 98.4 cm³/mol. The fourth-order valence-electron chi connectivity index (χ4n) is 2.49. The molecule has 0 saturated carbocycles. The summed E-state index contributed by atoms with van der Waals surface area (Å²) in [6.45, 7) is 10.0. The Labute approximate surface area is 147 Å². The third kappa shape index (κ3) is 6.15. The third-order valence-electron chi connectivity index (χ3n) is 4.20. The van der Waals surface area contributed by atoms with E-state index in [2.05, 4.69) is 33.1 Å². The number of ether oxygens (including phenoxy) is 1. The topological polar surface area (TPSA) is 41.6 Å². The van der Waals surface area contributed by atoms with Crippen LogP contribution in [0.1, 0.15) is 33.6 Å². The first-order chi connectivity index (χ1) is 10.8. The predicted octanol–water partition coefficient (Wildman–Crippen LogP) is 3.91. The molecule has 1 amide bonds. The molecule has 128 valence electrons. The second kappa shape index (κ2) is 8.15. The highest BCUT2D eigenvalue weighted by atomic mass is 79.9. The number of hydrogen-bond acceptors (Lipinski definition) is 3. The molecule has 1 fully saturated rings. The number of carbonyl (C=O) groups excluding carboxylic acids is 1. The molecule has 1 aliphatic rings. The number of rotatable bonds is 6. The number of piperidine rings is 1. The van der Waals surface area contributed by atoms with Gasteiger partial charge in [0.05, 0.1) is 4.32 Å². The molecule has 0 bridgehead atoms. The van der Waals surface area contributed by atoms with E-state index in [1.165, 1.54) is 25.9 Å². The minimum atomic E-state index is -0.575. The van der Waals surface area contributed by atoms with Crippen LogP contribution in [0.3, 0.4) is 0 Å². The maximum atomic E-state index is 11.9. The first-order valence-electron chi connectivity index (χ1n) is 8.30. The smallest absolute Gasteiger partial charge is 0.240 e. The van der Waals surface area contributed by atoms with Crippen molar-refractivity contribution < 1.29 is 9.53 Å². The Hall–Kier alpha value is -1.07. The molecule has 0 radical (unpaired) electrons. The zero-order chi connectivity index (χ0) is 16.9. The number of anilines is 1. The van der Waals surface area contributed by atoms with Crippen LogP contribution < -0.4 is 10.1 Å². The van der Waals surface area contributed by atoms with Gasteiger partial charge in [-0.15, -0.1) is 0 Å². The number of carbonyl (C=O) groups is 1. The highest BCUT2D eigenvalue weighted by Gasteiger charge is 2.23. The van der Waals surface area contributed by atoms with Crippen LogP contribution in [0, 0.1) is 5.92 Å². The van der Waals surface area contributed by atoms with Crippen molar-refractivity contribution in [3.8, 4) is 5.75 Å². The Kier molecular flexibility index (Phi) is 6.48. The van der Waals surface area contributed by atoms with E-state index in [1.807, 2.05) is 38.1 Å². The van der Waals surface area contributed by atoms with Gasteiger partial charge in [0.25, 0.3) is 0 Å². The zero-order valence-electron chi connectivity index (χ0n) is 14.3. The summed E-state index contributed by atoms with van der Waals surface area (Å²) in [6.07, 6.45) is 2.58. The van der Waals surface area contributed by atoms with Crippen molar-refractivity contribution in [1.82, 2.24) is 4.90 Å². The standard InChI is InChI=1S/C18H27BrN2O2/c1-14-8-10-21(11-9-14)12-13-23-16-6-4-15(5-7-16)20-17(22)18(2,3)19/h4-7,14H,8-13H2,1-3H3,(H,20,22). The van der Waals surface area contributed by atoms with Crippen molar-refractivity contribution in [2.24, 2.45) is 5.92 Å². The summed E-state index contributed by atoms with van der Waals surface area (Å²) < 4.78 is 5.22. The average molecular weight is 383 g/mol. The van der Waals surface area contributed by atoms with Gasteiger partial charge in [-0.2, -0.15) is 0 Å². The number of likely N-dealkylation sites (tertiary alicyclic amines) is 1. The Morgan fingerprint density at radius 2 is 1.91 bits per heavy atom. The molecule has 23 heavy (non-hydrogen) atoms. The van der Waals surface area contributed by atoms with Crippen LogP contribution in [0.25, 0.3) is 0 Å².